The monoisotopic (exact) mass is 293 g/mol. The van der Waals surface area contributed by atoms with Gasteiger partial charge in [0.2, 0.25) is 0 Å². The van der Waals surface area contributed by atoms with Crippen LogP contribution in [0.5, 0.6) is 0 Å². The van der Waals surface area contributed by atoms with E-state index in [1.807, 2.05) is 24.6 Å². The van der Waals surface area contributed by atoms with Crippen molar-refractivity contribution in [2.24, 2.45) is 7.05 Å². The minimum absolute atomic E-state index is 0.254. The summed E-state index contributed by atoms with van der Waals surface area (Å²) in [5.74, 6) is -0.254. The Kier molecular flexibility index (Phi) is 3.35. The number of nitrogens with zero attached hydrogens (tertiary/aromatic N) is 1. The number of hydrogen-bond acceptors (Lipinski definition) is 2. The van der Waals surface area contributed by atoms with Gasteiger partial charge < -0.3 is 9.30 Å². The van der Waals surface area contributed by atoms with Crippen molar-refractivity contribution in [1.29, 1.82) is 0 Å². The van der Waals surface area contributed by atoms with Gasteiger partial charge in [0, 0.05) is 16.3 Å². The topological polar surface area (TPSA) is 31.2 Å². The van der Waals surface area contributed by atoms with Gasteiger partial charge in [-0.2, -0.15) is 0 Å². The van der Waals surface area contributed by atoms with Crippen LogP contribution in [0.15, 0.2) is 6.07 Å². The smallest absolute Gasteiger partial charge is 0.354 e. The maximum atomic E-state index is 11.4. The van der Waals surface area contributed by atoms with Crippen LogP contribution in [0.2, 0.25) is 0 Å². The molecule has 1 aromatic heterocycles. The van der Waals surface area contributed by atoms with Crippen molar-refractivity contribution in [3.63, 3.8) is 0 Å². The lowest BCUT2D eigenvalue weighted by molar-refractivity contribution is 0.0515. The van der Waals surface area contributed by atoms with Gasteiger partial charge in [0.25, 0.3) is 0 Å². The maximum Gasteiger partial charge on any atom is 0.354 e. The first-order valence-corrected chi connectivity index (χ1v) is 5.14. The van der Waals surface area contributed by atoms with Crippen molar-refractivity contribution in [2.45, 2.75) is 13.8 Å². The van der Waals surface area contributed by atoms with Crippen LogP contribution in [-0.4, -0.2) is 17.1 Å². The summed E-state index contributed by atoms with van der Waals surface area (Å²) in [5, 5.41) is 0. The fourth-order valence-corrected chi connectivity index (χ4v) is 1.72. The molecule has 0 fully saturated rings. The molecule has 1 aromatic rings. The average Bonchev–Trinajstić information content (AvgIpc) is 2.33. The Morgan fingerprint density at radius 3 is 2.69 bits per heavy atom. The third-order valence-electron chi connectivity index (χ3n) is 1.96. The quantitative estimate of drug-likeness (QED) is 0.618. The van der Waals surface area contributed by atoms with E-state index in [0.29, 0.717) is 12.3 Å². The predicted molar refractivity (Wildman–Crippen MR) is 58.8 cm³/mol. The van der Waals surface area contributed by atoms with Crippen molar-refractivity contribution in [2.75, 3.05) is 6.61 Å². The third kappa shape index (κ3) is 2.04. The maximum absolute atomic E-state index is 11.4. The number of aromatic nitrogens is 1. The summed E-state index contributed by atoms with van der Waals surface area (Å²) in [6, 6.07) is 1.84. The molecule has 0 saturated carbocycles. The van der Waals surface area contributed by atoms with Gasteiger partial charge in [-0.25, -0.2) is 4.79 Å². The molecule has 0 bridgehead atoms. The third-order valence-corrected chi connectivity index (χ3v) is 3.05. The van der Waals surface area contributed by atoms with Gasteiger partial charge in [-0.1, -0.05) is 0 Å². The molecule has 3 nitrogen and oxygen atoms in total. The van der Waals surface area contributed by atoms with Gasteiger partial charge >= 0.3 is 5.97 Å². The predicted octanol–water partition coefficient (Wildman–Crippen LogP) is 2.11. The van der Waals surface area contributed by atoms with Gasteiger partial charge in [0.15, 0.2) is 0 Å². The molecule has 0 aliphatic rings. The van der Waals surface area contributed by atoms with E-state index in [0.717, 1.165) is 9.26 Å². The first-order chi connectivity index (χ1) is 6.07. The van der Waals surface area contributed by atoms with Crippen molar-refractivity contribution in [3.05, 3.63) is 21.0 Å². The molecule has 0 radical (unpaired) electrons. The summed E-state index contributed by atoms with van der Waals surface area (Å²) < 4.78 is 7.85. The first kappa shape index (κ1) is 10.6. The highest BCUT2D eigenvalue weighted by Crippen LogP contribution is 2.16. The number of rotatable bonds is 2. The lowest BCUT2D eigenvalue weighted by atomic mass is 10.4. The molecular formula is C9H12INO2. The van der Waals surface area contributed by atoms with E-state index in [1.165, 1.54) is 0 Å². The van der Waals surface area contributed by atoms with Crippen LogP contribution in [0.1, 0.15) is 23.1 Å². The second-order valence-corrected chi connectivity index (χ2v) is 3.90. The molecule has 0 unspecified atom stereocenters. The molecular weight excluding hydrogens is 281 g/mol. The normalized spacial score (nSPS) is 10.2. The van der Waals surface area contributed by atoms with E-state index in [1.54, 1.807) is 6.92 Å². The van der Waals surface area contributed by atoms with Crippen LogP contribution < -0.4 is 0 Å². The molecule has 1 heterocycles. The molecule has 0 spiro atoms. The van der Waals surface area contributed by atoms with Crippen LogP contribution in [-0.2, 0) is 11.8 Å². The Hall–Kier alpha value is -0.520. The number of halogens is 1. The van der Waals surface area contributed by atoms with Gasteiger partial charge in [0.05, 0.1) is 6.61 Å². The number of esters is 1. The zero-order valence-electron chi connectivity index (χ0n) is 7.93. The molecule has 13 heavy (non-hydrogen) atoms. The average molecular weight is 293 g/mol. The number of carbonyl (C=O) groups is 1. The molecule has 0 aliphatic heterocycles. The second-order valence-electron chi connectivity index (χ2n) is 2.74. The van der Waals surface area contributed by atoms with Crippen LogP contribution in [0.25, 0.3) is 0 Å². The van der Waals surface area contributed by atoms with Gasteiger partial charge in [-0.3, -0.25) is 0 Å². The van der Waals surface area contributed by atoms with Crippen LogP contribution >= 0.6 is 22.6 Å². The van der Waals surface area contributed by atoms with Crippen LogP contribution in [0.3, 0.4) is 0 Å². The van der Waals surface area contributed by atoms with E-state index < -0.39 is 0 Å². The molecule has 0 N–H and O–H groups in total. The summed E-state index contributed by atoms with van der Waals surface area (Å²) in [5.41, 5.74) is 1.70. The minimum atomic E-state index is -0.254. The molecule has 0 aromatic carbocycles. The lowest BCUT2D eigenvalue weighted by Crippen LogP contribution is -2.10. The summed E-state index contributed by atoms with van der Waals surface area (Å²) in [4.78, 5) is 11.4. The van der Waals surface area contributed by atoms with E-state index in [9.17, 15) is 4.79 Å². The van der Waals surface area contributed by atoms with Gasteiger partial charge in [0.1, 0.15) is 5.69 Å². The van der Waals surface area contributed by atoms with Crippen molar-refractivity contribution < 1.29 is 9.53 Å². The van der Waals surface area contributed by atoms with Gasteiger partial charge in [-0.05, 0) is 42.5 Å². The summed E-state index contributed by atoms with van der Waals surface area (Å²) in [6.07, 6.45) is 0. The van der Waals surface area contributed by atoms with E-state index in [2.05, 4.69) is 22.6 Å². The van der Waals surface area contributed by atoms with E-state index >= 15 is 0 Å². The highest BCUT2D eigenvalue weighted by Gasteiger charge is 2.14. The Morgan fingerprint density at radius 2 is 2.31 bits per heavy atom. The fraction of sp³-hybridized carbons (Fsp3) is 0.444. The first-order valence-electron chi connectivity index (χ1n) is 4.06. The Morgan fingerprint density at radius 1 is 1.69 bits per heavy atom. The molecule has 4 heteroatoms. The Balaban J connectivity index is 3.01. The van der Waals surface area contributed by atoms with Gasteiger partial charge in [-0.15, -0.1) is 0 Å². The minimum Gasteiger partial charge on any atom is -0.461 e. The Labute approximate surface area is 91.2 Å². The number of ether oxygens (including phenoxy) is 1. The molecule has 0 saturated heterocycles. The SMILES string of the molecule is CCOC(=O)c1cc(I)c(C)n1C. The Bertz CT molecular complexity index is 331. The van der Waals surface area contributed by atoms with E-state index in [4.69, 9.17) is 4.74 Å². The zero-order chi connectivity index (χ0) is 10.0. The van der Waals surface area contributed by atoms with Crippen molar-refractivity contribution >= 4 is 28.6 Å². The highest BCUT2D eigenvalue weighted by atomic mass is 127. The summed E-state index contributed by atoms with van der Waals surface area (Å²) >= 11 is 2.20. The fourth-order valence-electron chi connectivity index (χ4n) is 1.06. The number of hydrogen-bond donors (Lipinski definition) is 0. The van der Waals surface area contributed by atoms with Crippen LogP contribution in [0.4, 0.5) is 0 Å². The molecule has 0 amide bonds. The standard InChI is InChI=1S/C9H12INO2/c1-4-13-9(12)8-5-7(10)6(2)11(8)3/h5H,4H2,1-3H3. The molecule has 72 valence electrons. The van der Waals surface area contributed by atoms with Crippen LogP contribution in [0, 0.1) is 10.5 Å². The number of carbonyl (C=O) groups excluding carboxylic acids is 1. The molecule has 0 atom stereocenters. The molecule has 1 rings (SSSR count). The lowest BCUT2D eigenvalue weighted by Gasteiger charge is -2.03. The zero-order valence-corrected chi connectivity index (χ0v) is 10.1. The second kappa shape index (κ2) is 4.13. The summed E-state index contributed by atoms with van der Waals surface area (Å²) in [7, 11) is 1.86. The molecule has 0 aliphatic carbocycles. The summed E-state index contributed by atoms with van der Waals surface area (Å²) in [6.45, 7) is 4.20. The van der Waals surface area contributed by atoms with Crippen molar-refractivity contribution in [1.82, 2.24) is 4.57 Å². The highest BCUT2D eigenvalue weighted by molar-refractivity contribution is 14.1. The van der Waals surface area contributed by atoms with E-state index in [-0.39, 0.29) is 5.97 Å². The van der Waals surface area contributed by atoms with Crippen molar-refractivity contribution in [3.8, 4) is 0 Å². The largest absolute Gasteiger partial charge is 0.461 e.